The van der Waals surface area contributed by atoms with Crippen molar-refractivity contribution in [2.75, 3.05) is 5.32 Å². The lowest BCUT2D eigenvalue weighted by Gasteiger charge is -2.10. The first kappa shape index (κ1) is 20.8. The van der Waals surface area contributed by atoms with E-state index in [1.54, 1.807) is 24.5 Å². The number of nitrogens with one attached hydrogen (secondary N) is 2. The van der Waals surface area contributed by atoms with Crippen LogP contribution in [-0.4, -0.2) is 31.5 Å². The molecule has 0 aliphatic rings. The Labute approximate surface area is 188 Å². The van der Waals surface area contributed by atoms with Gasteiger partial charge < -0.3 is 5.32 Å². The lowest BCUT2D eigenvalue weighted by atomic mass is 10.0. The molecule has 0 aliphatic heterocycles. The van der Waals surface area contributed by atoms with Crippen LogP contribution in [0, 0.1) is 0 Å². The molecule has 2 aromatic carbocycles. The molecule has 0 atom stereocenters. The maximum atomic E-state index is 12.9. The largest absolute Gasteiger partial charge is 0.416 e. The van der Waals surface area contributed by atoms with Crippen molar-refractivity contribution >= 4 is 33.0 Å². The van der Waals surface area contributed by atoms with Gasteiger partial charge >= 0.3 is 6.18 Å². The van der Waals surface area contributed by atoms with Crippen LogP contribution in [0.25, 0.3) is 31.9 Å². The van der Waals surface area contributed by atoms with Gasteiger partial charge in [-0.15, -0.1) is 21.5 Å². The van der Waals surface area contributed by atoms with Gasteiger partial charge in [-0.2, -0.15) is 18.4 Å². The van der Waals surface area contributed by atoms with E-state index in [0.29, 0.717) is 11.5 Å². The van der Waals surface area contributed by atoms with Crippen molar-refractivity contribution < 1.29 is 18.0 Å². The standard InChI is InChI=1S/C22H13F3N6OS/c23-22(24,25)14-3-1-2-13(8-14)21(32)27-15-6-4-12(5-7-15)17-10-26-11-19-16(17)9-18(33-19)20-28-30-31-29-20/h1-11H,(H,27,32)(H,28,29,30,31). The van der Waals surface area contributed by atoms with Crippen molar-refractivity contribution in [3.63, 3.8) is 0 Å². The molecule has 33 heavy (non-hydrogen) atoms. The quantitative estimate of drug-likeness (QED) is 0.369. The van der Waals surface area contributed by atoms with Gasteiger partial charge in [-0.1, -0.05) is 18.2 Å². The molecule has 0 fully saturated rings. The van der Waals surface area contributed by atoms with E-state index in [1.807, 2.05) is 18.2 Å². The number of carbonyl (C=O) groups excluding carboxylic acids is 1. The Morgan fingerprint density at radius 3 is 2.58 bits per heavy atom. The highest BCUT2D eigenvalue weighted by Gasteiger charge is 2.30. The minimum atomic E-state index is -4.52. The molecule has 3 aromatic heterocycles. The monoisotopic (exact) mass is 466 g/mol. The lowest BCUT2D eigenvalue weighted by Crippen LogP contribution is -2.13. The van der Waals surface area contributed by atoms with E-state index in [2.05, 4.69) is 30.9 Å². The van der Waals surface area contributed by atoms with Crippen molar-refractivity contribution in [2.45, 2.75) is 6.18 Å². The summed E-state index contributed by atoms with van der Waals surface area (Å²) in [6.45, 7) is 0. The van der Waals surface area contributed by atoms with Crippen molar-refractivity contribution in [3.05, 3.63) is 78.1 Å². The van der Waals surface area contributed by atoms with E-state index in [9.17, 15) is 18.0 Å². The predicted molar refractivity (Wildman–Crippen MR) is 118 cm³/mol. The highest BCUT2D eigenvalue weighted by Crippen LogP contribution is 2.37. The second-order valence-electron chi connectivity index (χ2n) is 7.05. The van der Waals surface area contributed by atoms with Gasteiger partial charge in [-0.25, -0.2) is 0 Å². The number of aromatic amines is 1. The van der Waals surface area contributed by atoms with Crippen LogP contribution in [0.2, 0.25) is 0 Å². The number of anilines is 1. The average molecular weight is 466 g/mol. The third kappa shape index (κ3) is 4.17. The summed E-state index contributed by atoms with van der Waals surface area (Å²) in [7, 11) is 0. The molecule has 5 aromatic rings. The number of aromatic nitrogens is 5. The van der Waals surface area contributed by atoms with Crippen LogP contribution >= 0.6 is 11.3 Å². The lowest BCUT2D eigenvalue weighted by molar-refractivity contribution is -0.137. The molecule has 1 amide bonds. The van der Waals surface area contributed by atoms with Crippen molar-refractivity contribution in [3.8, 4) is 21.8 Å². The normalized spacial score (nSPS) is 11.6. The van der Waals surface area contributed by atoms with Crippen LogP contribution in [-0.2, 0) is 6.18 Å². The highest BCUT2D eigenvalue weighted by atomic mass is 32.1. The molecule has 11 heteroatoms. The summed E-state index contributed by atoms with van der Waals surface area (Å²) in [4.78, 5) is 17.6. The van der Waals surface area contributed by atoms with Gasteiger partial charge in [0.25, 0.3) is 5.91 Å². The second-order valence-corrected chi connectivity index (χ2v) is 8.14. The van der Waals surface area contributed by atoms with Crippen molar-refractivity contribution in [2.24, 2.45) is 0 Å². The molecular formula is C22H13F3N6OS. The molecule has 7 nitrogen and oxygen atoms in total. The SMILES string of the molecule is O=C(Nc1ccc(-c2cncc3sc(-c4nn[nH]n4)cc23)cc1)c1cccc(C(F)(F)F)c1. The van der Waals surface area contributed by atoms with Gasteiger partial charge in [-0.05, 0) is 47.2 Å². The van der Waals surface area contributed by atoms with Crippen molar-refractivity contribution in [1.29, 1.82) is 0 Å². The van der Waals surface area contributed by atoms with E-state index in [4.69, 9.17) is 0 Å². The zero-order chi connectivity index (χ0) is 23.0. The summed E-state index contributed by atoms with van der Waals surface area (Å²) in [6, 6.07) is 13.3. The molecule has 0 aliphatic carbocycles. The molecule has 0 saturated carbocycles. The first-order valence-corrected chi connectivity index (χ1v) is 10.4. The van der Waals surface area contributed by atoms with Crippen LogP contribution in [0.5, 0.6) is 0 Å². The van der Waals surface area contributed by atoms with Gasteiger partial charge in [0.15, 0.2) is 0 Å². The number of nitrogens with zero attached hydrogens (tertiary/aromatic N) is 4. The van der Waals surface area contributed by atoms with Crippen molar-refractivity contribution in [1.82, 2.24) is 25.6 Å². The minimum Gasteiger partial charge on any atom is -0.322 e. The van der Waals surface area contributed by atoms with Crippen LogP contribution < -0.4 is 5.32 Å². The zero-order valence-electron chi connectivity index (χ0n) is 16.6. The number of benzene rings is 2. The molecule has 2 N–H and O–H groups in total. The van der Waals surface area contributed by atoms with E-state index in [1.165, 1.54) is 23.5 Å². The fourth-order valence-corrected chi connectivity index (χ4v) is 4.32. The molecule has 0 spiro atoms. The number of carbonyl (C=O) groups is 1. The van der Waals surface area contributed by atoms with Gasteiger partial charge in [0.2, 0.25) is 5.82 Å². The summed E-state index contributed by atoms with van der Waals surface area (Å²) in [5.74, 6) is -0.130. The number of hydrogen-bond donors (Lipinski definition) is 2. The number of alkyl halides is 3. The Morgan fingerprint density at radius 2 is 1.85 bits per heavy atom. The number of hydrogen-bond acceptors (Lipinski definition) is 6. The van der Waals surface area contributed by atoms with Gasteiger partial charge in [-0.3, -0.25) is 9.78 Å². The Balaban J connectivity index is 1.39. The third-order valence-electron chi connectivity index (χ3n) is 4.92. The number of thiophene rings is 1. The summed E-state index contributed by atoms with van der Waals surface area (Å²) in [5, 5.41) is 17.6. The summed E-state index contributed by atoms with van der Waals surface area (Å²) < 4.78 is 39.7. The Kier molecular flexibility index (Phi) is 5.09. The summed E-state index contributed by atoms with van der Waals surface area (Å²) in [5.41, 5.74) is 1.26. The number of fused-ring (bicyclic) bond motifs is 1. The molecule has 0 radical (unpaired) electrons. The molecule has 0 saturated heterocycles. The molecule has 3 heterocycles. The van der Waals surface area contributed by atoms with Gasteiger partial charge in [0, 0.05) is 34.6 Å². The Morgan fingerprint density at radius 1 is 1.03 bits per heavy atom. The molecule has 0 bridgehead atoms. The summed E-state index contributed by atoms with van der Waals surface area (Å²) in [6.07, 6.45) is -1.01. The second kappa shape index (κ2) is 8.10. The summed E-state index contributed by atoms with van der Waals surface area (Å²) >= 11 is 1.49. The number of H-pyrrole nitrogens is 1. The number of amides is 1. The van der Waals surface area contributed by atoms with E-state index in [-0.39, 0.29) is 5.56 Å². The minimum absolute atomic E-state index is 0.0739. The molecule has 0 unspecified atom stereocenters. The fraction of sp³-hybridized carbons (Fsp3) is 0.0455. The first-order valence-electron chi connectivity index (χ1n) is 9.59. The first-order chi connectivity index (χ1) is 15.9. The maximum absolute atomic E-state index is 12.9. The predicted octanol–water partition coefficient (Wildman–Crippen LogP) is 5.41. The average Bonchev–Trinajstić information content (AvgIpc) is 3.49. The third-order valence-corrected chi connectivity index (χ3v) is 5.98. The highest BCUT2D eigenvalue weighted by molar-refractivity contribution is 7.22. The van der Waals surface area contributed by atoms with E-state index in [0.717, 1.165) is 38.2 Å². The molecular weight excluding hydrogens is 453 g/mol. The van der Waals surface area contributed by atoms with E-state index >= 15 is 0 Å². The number of tetrazole rings is 1. The van der Waals surface area contributed by atoms with Gasteiger partial charge in [0.1, 0.15) is 0 Å². The van der Waals surface area contributed by atoms with Crippen LogP contribution in [0.4, 0.5) is 18.9 Å². The van der Waals surface area contributed by atoms with Gasteiger partial charge in [0.05, 0.1) is 15.1 Å². The maximum Gasteiger partial charge on any atom is 0.416 e. The number of halogens is 3. The Bertz CT molecular complexity index is 1450. The van der Waals surface area contributed by atoms with Crippen LogP contribution in [0.15, 0.2) is 67.0 Å². The number of pyridine rings is 1. The van der Waals surface area contributed by atoms with E-state index < -0.39 is 17.6 Å². The number of rotatable bonds is 4. The zero-order valence-corrected chi connectivity index (χ0v) is 17.4. The smallest absolute Gasteiger partial charge is 0.322 e. The topological polar surface area (TPSA) is 96.5 Å². The molecule has 164 valence electrons. The van der Waals surface area contributed by atoms with Crippen LogP contribution in [0.1, 0.15) is 15.9 Å². The fourth-order valence-electron chi connectivity index (χ4n) is 3.34. The Hall–Kier alpha value is -4.12. The van der Waals surface area contributed by atoms with Crippen LogP contribution in [0.3, 0.4) is 0 Å². The molecule has 5 rings (SSSR count).